The average Bonchev–Trinajstić information content (AvgIpc) is 2.63. The molecule has 8 heteroatoms. The maximum Gasteiger partial charge on any atom is 0.347 e. The molecule has 1 unspecified atom stereocenters. The fourth-order valence-electron chi connectivity index (χ4n) is 2.09. The monoisotopic (exact) mass is 361 g/mol. The number of nitro benzene ring substituents is 1. The van der Waals surface area contributed by atoms with Gasteiger partial charge >= 0.3 is 5.97 Å². The van der Waals surface area contributed by atoms with E-state index < -0.39 is 17.0 Å². The van der Waals surface area contributed by atoms with E-state index in [1.165, 1.54) is 30.3 Å². The zero-order chi connectivity index (χ0) is 18.9. The minimum Gasteiger partial charge on any atom is -0.508 e. The minimum absolute atomic E-state index is 0.00272. The second-order valence-corrected chi connectivity index (χ2v) is 5.36. The Morgan fingerprint density at radius 1 is 1.15 bits per heavy atom. The van der Waals surface area contributed by atoms with Crippen LogP contribution in [0.3, 0.4) is 0 Å². The molecule has 0 saturated heterocycles. The summed E-state index contributed by atoms with van der Waals surface area (Å²) >= 11 is 0. The molecule has 0 spiro atoms. The van der Waals surface area contributed by atoms with E-state index in [-0.39, 0.29) is 31.3 Å². The number of carbonyl (C=O) groups excluding carboxylic acids is 1. The van der Waals surface area contributed by atoms with E-state index in [9.17, 15) is 20.0 Å². The molecule has 0 aliphatic carbocycles. The van der Waals surface area contributed by atoms with Crippen LogP contribution < -0.4 is 4.74 Å². The normalized spacial score (nSPS) is 11.6. The highest BCUT2D eigenvalue weighted by Crippen LogP contribution is 2.19. The topological polar surface area (TPSA) is 108 Å². The van der Waals surface area contributed by atoms with Gasteiger partial charge in [0.2, 0.25) is 0 Å². The number of para-hydroxylation sites is 1. The Morgan fingerprint density at radius 3 is 2.54 bits per heavy atom. The first-order valence-electron chi connectivity index (χ1n) is 7.89. The number of esters is 1. The van der Waals surface area contributed by atoms with Crippen LogP contribution in [-0.4, -0.2) is 35.3 Å². The molecule has 0 saturated carbocycles. The second kappa shape index (κ2) is 9.38. The second-order valence-electron chi connectivity index (χ2n) is 5.36. The molecule has 8 nitrogen and oxygen atoms in total. The van der Waals surface area contributed by atoms with Gasteiger partial charge in [-0.25, -0.2) is 4.79 Å². The van der Waals surface area contributed by atoms with Gasteiger partial charge in [-0.2, -0.15) is 0 Å². The third kappa shape index (κ3) is 5.75. The van der Waals surface area contributed by atoms with Crippen LogP contribution in [0.15, 0.2) is 48.5 Å². The molecule has 2 rings (SSSR count). The van der Waals surface area contributed by atoms with Crippen molar-refractivity contribution in [3.05, 3.63) is 64.2 Å². The molecule has 0 aromatic heterocycles. The number of nitro groups is 1. The van der Waals surface area contributed by atoms with E-state index >= 15 is 0 Å². The molecule has 1 N–H and O–H groups in total. The van der Waals surface area contributed by atoms with Gasteiger partial charge in [0.15, 0.2) is 6.10 Å². The predicted octanol–water partition coefficient (Wildman–Crippen LogP) is 2.83. The van der Waals surface area contributed by atoms with Gasteiger partial charge in [-0.1, -0.05) is 12.1 Å². The molecule has 0 bridgehead atoms. The molecule has 0 heterocycles. The largest absolute Gasteiger partial charge is 0.508 e. The maximum absolute atomic E-state index is 11.8. The highest BCUT2D eigenvalue weighted by atomic mass is 16.6. The Morgan fingerprint density at radius 2 is 1.85 bits per heavy atom. The summed E-state index contributed by atoms with van der Waals surface area (Å²) in [6.07, 6.45) is -0.824. The lowest BCUT2D eigenvalue weighted by molar-refractivity contribution is -0.386. The van der Waals surface area contributed by atoms with Gasteiger partial charge in [0.25, 0.3) is 5.69 Å². The maximum atomic E-state index is 11.8. The van der Waals surface area contributed by atoms with Crippen molar-refractivity contribution in [2.45, 2.75) is 19.6 Å². The Balaban J connectivity index is 1.70. The third-order valence-corrected chi connectivity index (χ3v) is 3.40. The summed E-state index contributed by atoms with van der Waals surface area (Å²) in [5.41, 5.74) is 0.438. The van der Waals surface area contributed by atoms with E-state index in [1.807, 2.05) is 0 Å². The van der Waals surface area contributed by atoms with Crippen molar-refractivity contribution in [1.82, 2.24) is 0 Å². The highest BCUT2D eigenvalue weighted by Gasteiger charge is 2.16. The zero-order valence-corrected chi connectivity index (χ0v) is 14.2. The highest BCUT2D eigenvalue weighted by molar-refractivity contribution is 5.74. The van der Waals surface area contributed by atoms with Crippen molar-refractivity contribution in [3.8, 4) is 11.5 Å². The van der Waals surface area contributed by atoms with Crippen LogP contribution in [0.5, 0.6) is 11.5 Å². The molecule has 0 amide bonds. The van der Waals surface area contributed by atoms with E-state index in [0.29, 0.717) is 11.3 Å². The Labute approximate surface area is 150 Å². The van der Waals surface area contributed by atoms with Crippen molar-refractivity contribution in [2.24, 2.45) is 0 Å². The lowest BCUT2D eigenvalue weighted by Crippen LogP contribution is -2.27. The molecular weight excluding hydrogens is 342 g/mol. The standard InChI is InChI=1S/C18H19NO7/c1-13(26-16-8-6-15(20)7-9-16)18(21)25-11-10-24-12-14-4-2-3-5-17(14)19(22)23/h2-9,13,20H,10-12H2,1H3. The van der Waals surface area contributed by atoms with Crippen LogP contribution in [-0.2, 0) is 20.9 Å². The fraction of sp³-hybridized carbons (Fsp3) is 0.278. The Bertz CT molecular complexity index is 745. The molecule has 0 fully saturated rings. The predicted molar refractivity (Wildman–Crippen MR) is 91.9 cm³/mol. The molecule has 0 aliphatic heterocycles. The summed E-state index contributed by atoms with van der Waals surface area (Å²) in [7, 11) is 0. The molecule has 0 aliphatic rings. The van der Waals surface area contributed by atoms with E-state index in [0.717, 1.165) is 0 Å². The van der Waals surface area contributed by atoms with Crippen LogP contribution >= 0.6 is 0 Å². The number of hydrogen-bond acceptors (Lipinski definition) is 7. The molecule has 26 heavy (non-hydrogen) atoms. The first-order valence-corrected chi connectivity index (χ1v) is 7.89. The van der Waals surface area contributed by atoms with Crippen LogP contribution in [0, 0.1) is 10.1 Å². The summed E-state index contributed by atoms with van der Waals surface area (Å²) in [4.78, 5) is 22.3. The van der Waals surface area contributed by atoms with Gasteiger partial charge in [-0.15, -0.1) is 0 Å². The molecule has 0 radical (unpaired) electrons. The van der Waals surface area contributed by atoms with E-state index in [2.05, 4.69) is 0 Å². The summed E-state index contributed by atoms with van der Waals surface area (Å²) in [5, 5.41) is 20.1. The molecule has 138 valence electrons. The van der Waals surface area contributed by atoms with Gasteiger partial charge < -0.3 is 19.3 Å². The lowest BCUT2D eigenvalue weighted by atomic mass is 10.2. The van der Waals surface area contributed by atoms with Crippen molar-refractivity contribution >= 4 is 11.7 Å². The Kier molecular flexibility index (Phi) is 6.92. The number of carbonyl (C=O) groups is 1. The number of nitrogens with zero attached hydrogens (tertiary/aromatic N) is 1. The lowest BCUT2D eigenvalue weighted by Gasteiger charge is -2.14. The van der Waals surface area contributed by atoms with Crippen LogP contribution in [0.25, 0.3) is 0 Å². The zero-order valence-electron chi connectivity index (χ0n) is 14.2. The molecule has 2 aromatic carbocycles. The van der Waals surface area contributed by atoms with E-state index in [4.69, 9.17) is 14.2 Å². The van der Waals surface area contributed by atoms with Gasteiger partial charge in [0.05, 0.1) is 23.7 Å². The summed E-state index contributed by atoms with van der Waals surface area (Å²) in [6.45, 7) is 1.70. The first kappa shape index (κ1) is 19.2. The van der Waals surface area contributed by atoms with Crippen molar-refractivity contribution in [3.63, 3.8) is 0 Å². The number of phenols is 1. The van der Waals surface area contributed by atoms with Gasteiger partial charge in [-0.3, -0.25) is 10.1 Å². The summed E-state index contributed by atoms with van der Waals surface area (Å²) < 4.78 is 15.8. The van der Waals surface area contributed by atoms with Gasteiger partial charge in [-0.05, 0) is 37.3 Å². The van der Waals surface area contributed by atoms with Crippen LogP contribution in [0.4, 0.5) is 5.69 Å². The number of phenolic OH excluding ortho intramolecular Hbond substituents is 1. The fourth-order valence-corrected chi connectivity index (χ4v) is 2.09. The number of rotatable bonds is 9. The number of hydrogen-bond donors (Lipinski definition) is 1. The molecular formula is C18H19NO7. The van der Waals surface area contributed by atoms with Crippen molar-refractivity contribution in [2.75, 3.05) is 13.2 Å². The first-order chi connectivity index (χ1) is 12.5. The number of ether oxygens (including phenoxy) is 3. The third-order valence-electron chi connectivity index (χ3n) is 3.40. The van der Waals surface area contributed by atoms with E-state index in [1.54, 1.807) is 25.1 Å². The van der Waals surface area contributed by atoms with Crippen molar-refractivity contribution in [1.29, 1.82) is 0 Å². The SMILES string of the molecule is CC(Oc1ccc(O)cc1)C(=O)OCCOCc1ccccc1[N+](=O)[O-]. The number of benzene rings is 2. The minimum atomic E-state index is -0.824. The van der Waals surface area contributed by atoms with Crippen LogP contribution in [0.2, 0.25) is 0 Å². The quantitative estimate of drug-likeness (QED) is 0.317. The molecule has 2 aromatic rings. The van der Waals surface area contributed by atoms with Gasteiger partial charge in [0.1, 0.15) is 18.1 Å². The van der Waals surface area contributed by atoms with Crippen molar-refractivity contribution < 1.29 is 29.0 Å². The summed E-state index contributed by atoms with van der Waals surface area (Å²) in [6, 6.07) is 12.3. The number of aromatic hydroxyl groups is 1. The summed E-state index contributed by atoms with van der Waals surface area (Å²) in [5.74, 6) is -0.0318. The molecule has 1 atom stereocenters. The average molecular weight is 361 g/mol. The Hall–Kier alpha value is -3.13. The smallest absolute Gasteiger partial charge is 0.347 e. The van der Waals surface area contributed by atoms with Crippen LogP contribution in [0.1, 0.15) is 12.5 Å². The van der Waals surface area contributed by atoms with Gasteiger partial charge in [0, 0.05) is 6.07 Å².